The smallest absolute Gasteiger partial charge is 0.0626 e. The predicted molar refractivity (Wildman–Crippen MR) is 76.5 cm³/mol. The minimum absolute atomic E-state index is 0.730. The minimum Gasteiger partial charge on any atom is -0.398 e. The molecule has 3 nitrogen and oxygen atoms in total. The van der Waals surface area contributed by atoms with Gasteiger partial charge in [-0.1, -0.05) is 19.1 Å². The number of pyridine rings is 1. The van der Waals surface area contributed by atoms with Crippen LogP contribution in [0.3, 0.4) is 0 Å². The highest BCUT2D eigenvalue weighted by atomic mass is 14.9. The van der Waals surface area contributed by atoms with Gasteiger partial charge in [0.1, 0.15) is 0 Å². The second kappa shape index (κ2) is 5.54. The molecular weight excluding hydrogens is 222 g/mol. The molecule has 3 heteroatoms. The van der Waals surface area contributed by atoms with E-state index >= 15 is 0 Å². The summed E-state index contributed by atoms with van der Waals surface area (Å²) in [5, 5.41) is 3.40. The van der Waals surface area contributed by atoms with Crippen molar-refractivity contribution in [1.82, 2.24) is 4.98 Å². The summed E-state index contributed by atoms with van der Waals surface area (Å²) in [6.07, 6.45) is 2.84. The molecule has 1 aromatic carbocycles. The number of nitrogens with two attached hydrogens (primary N) is 1. The molecule has 0 spiro atoms. The number of nitrogens with zero attached hydrogens (tertiary/aromatic N) is 1. The molecular formula is C15H19N3. The first kappa shape index (κ1) is 12.4. The van der Waals surface area contributed by atoms with Crippen LogP contribution in [0.4, 0.5) is 11.4 Å². The molecule has 0 unspecified atom stereocenters. The fraction of sp³-hybridized carbons (Fsp3) is 0.267. The number of anilines is 2. The summed E-state index contributed by atoms with van der Waals surface area (Å²) >= 11 is 0. The van der Waals surface area contributed by atoms with E-state index in [1.807, 2.05) is 37.4 Å². The van der Waals surface area contributed by atoms with Crippen LogP contribution in [0.15, 0.2) is 36.5 Å². The monoisotopic (exact) mass is 241 g/mol. The molecule has 3 N–H and O–H groups in total. The van der Waals surface area contributed by atoms with Crippen molar-refractivity contribution in [3.8, 4) is 0 Å². The van der Waals surface area contributed by atoms with Gasteiger partial charge in [0.25, 0.3) is 0 Å². The molecule has 2 aromatic rings. The molecule has 0 atom stereocenters. The van der Waals surface area contributed by atoms with Gasteiger partial charge in [0.15, 0.2) is 0 Å². The van der Waals surface area contributed by atoms with Gasteiger partial charge in [0.05, 0.1) is 12.2 Å². The Hall–Kier alpha value is -2.03. The Balaban J connectivity index is 2.14. The highest BCUT2D eigenvalue weighted by Crippen LogP contribution is 2.21. The maximum absolute atomic E-state index is 5.89. The van der Waals surface area contributed by atoms with Gasteiger partial charge < -0.3 is 11.1 Å². The van der Waals surface area contributed by atoms with E-state index in [0.717, 1.165) is 35.6 Å². The third-order valence-corrected chi connectivity index (χ3v) is 3.19. The number of nitrogen functional groups attached to an aromatic ring is 1. The summed E-state index contributed by atoms with van der Waals surface area (Å²) in [6, 6.07) is 10.0. The van der Waals surface area contributed by atoms with E-state index in [9.17, 15) is 0 Å². The lowest BCUT2D eigenvalue weighted by Gasteiger charge is -2.12. The van der Waals surface area contributed by atoms with E-state index in [2.05, 4.69) is 23.3 Å². The van der Waals surface area contributed by atoms with Crippen LogP contribution in [0.2, 0.25) is 0 Å². The van der Waals surface area contributed by atoms with Crippen molar-refractivity contribution in [1.29, 1.82) is 0 Å². The first-order valence-corrected chi connectivity index (χ1v) is 6.24. The molecule has 0 amide bonds. The van der Waals surface area contributed by atoms with Crippen LogP contribution in [0.5, 0.6) is 0 Å². The maximum Gasteiger partial charge on any atom is 0.0626 e. The van der Waals surface area contributed by atoms with E-state index in [1.54, 1.807) is 0 Å². The fourth-order valence-electron chi connectivity index (χ4n) is 1.98. The molecule has 0 saturated carbocycles. The molecule has 0 radical (unpaired) electrons. The lowest BCUT2D eigenvalue weighted by Crippen LogP contribution is -2.06. The summed E-state index contributed by atoms with van der Waals surface area (Å²) in [7, 11) is 0. The first-order valence-electron chi connectivity index (χ1n) is 6.24. The quantitative estimate of drug-likeness (QED) is 0.808. The van der Waals surface area contributed by atoms with Crippen LogP contribution < -0.4 is 11.1 Å². The molecule has 0 bridgehead atoms. The Morgan fingerprint density at radius 1 is 1.22 bits per heavy atom. The molecule has 2 rings (SSSR count). The molecule has 0 aliphatic rings. The van der Waals surface area contributed by atoms with Gasteiger partial charge in [0, 0.05) is 17.6 Å². The topological polar surface area (TPSA) is 50.9 Å². The van der Waals surface area contributed by atoms with Crippen LogP contribution in [-0.4, -0.2) is 4.98 Å². The van der Waals surface area contributed by atoms with Crippen molar-refractivity contribution in [2.24, 2.45) is 0 Å². The van der Waals surface area contributed by atoms with Gasteiger partial charge in [-0.2, -0.15) is 0 Å². The normalized spacial score (nSPS) is 10.3. The summed E-state index contributed by atoms with van der Waals surface area (Å²) in [5.74, 6) is 0. The Morgan fingerprint density at radius 2 is 2.06 bits per heavy atom. The summed E-state index contributed by atoms with van der Waals surface area (Å²) < 4.78 is 0. The average Bonchev–Trinajstić information content (AvgIpc) is 2.41. The minimum atomic E-state index is 0.730. The fourth-order valence-corrected chi connectivity index (χ4v) is 1.98. The standard InChI is InChI=1S/C15H19N3/c1-3-12-6-5-9-17-15(12)10-18-14-8-4-7-13(16)11(14)2/h4-9,18H,3,10,16H2,1-2H3. The predicted octanol–water partition coefficient (Wildman–Crippen LogP) is 3.15. The number of benzene rings is 1. The zero-order chi connectivity index (χ0) is 13.0. The molecule has 0 fully saturated rings. The van der Waals surface area contributed by atoms with E-state index in [-0.39, 0.29) is 0 Å². The molecule has 0 aliphatic carbocycles. The Bertz CT molecular complexity index is 535. The zero-order valence-electron chi connectivity index (χ0n) is 10.9. The van der Waals surface area contributed by atoms with Gasteiger partial charge in [-0.05, 0) is 42.7 Å². The molecule has 94 valence electrons. The lowest BCUT2D eigenvalue weighted by molar-refractivity contribution is 0.970. The third-order valence-electron chi connectivity index (χ3n) is 3.19. The lowest BCUT2D eigenvalue weighted by atomic mass is 10.1. The Labute approximate surface area is 108 Å². The third kappa shape index (κ3) is 2.62. The molecule has 0 aliphatic heterocycles. The molecule has 0 saturated heterocycles. The van der Waals surface area contributed by atoms with Crippen molar-refractivity contribution < 1.29 is 0 Å². The number of aryl methyl sites for hydroxylation is 1. The molecule has 18 heavy (non-hydrogen) atoms. The highest BCUT2D eigenvalue weighted by Gasteiger charge is 2.04. The van der Waals surface area contributed by atoms with Crippen LogP contribution in [0, 0.1) is 6.92 Å². The SMILES string of the molecule is CCc1cccnc1CNc1cccc(N)c1C. The summed E-state index contributed by atoms with van der Waals surface area (Å²) in [6.45, 7) is 4.90. The van der Waals surface area contributed by atoms with E-state index in [0.29, 0.717) is 0 Å². The first-order chi connectivity index (χ1) is 8.72. The van der Waals surface area contributed by atoms with Crippen molar-refractivity contribution in [3.63, 3.8) is 0 Å². The van der Waals surface area contributed by atoms with Crippen molar-refractivity contribution in [2.75, 3.05) is 11.1 Å². The van der Waals surface area contributed by atoms with E-state index in [4.69, 9.17) is 5.73 Å². The summed E-state index contributed by atoms with van der Waals surface area (Å²) in [4.78, 5) is 4.42. The molecule has 1 aromatic heterocycles. The van der Waals surface area contributed by atoms with Crippen molar-refractivity contribution in [3.05, 3.63) is 53.3 Å². The number of hydrogen-bond acceptors (Lipinski definition) is 3. The zero-order valence-corrected chi connectivity index (χ0v) is 10.9. The van der Waals surface area contributed by atoms with Gasteiger partial charge in [-0.25, -0.2) is 0 Å². The second-order valence-corrected chi connectivity index (χ2v) is 4.34. The van der Waals surface area contributed by atoms with Crippen LogP contribution in [0.1, 0.15) is 23.7 Å². The van der Waals surface area contributed by atoms with Crippen LogP contribution in [-0.2, 0) is 13.0 Å². The number of hydrogen-bond donors (Lipinski definition) is 2. The maximum atomic E-state index is 5.89. The highest BCUT2D eigenvalue weighted by molar-refractivity contribution is 5.62. The Kier molecular flexibility index (Phi) is 3.82. The number of rotatable bonds is 4. The second-order valence-electron chi connectivity index (χ2n) is 4.34. The molecule has 1 heterocycles. The van der Waals surface area contributed by atoms with Crippen LogP contribution >= 0.6 is 0 Å². The van der Waals surface area contributed by atoms with Gasteiger partial charge >= 0.3 is 0 Å². The van der Waals surface area contributed by atoms with Gasteiger partial charge in [-0.3, -0.25) is 4.98 Å². The van der Waals surface area contributed by atoms with Crippen molar-refractivity contribution in [2.45, 2.75) is 26.8 Å². The number of nitrogens with one attached hydrogen (secondary N) is 1. The Morgan fingerprint density at radius 3 is 2.83 bits per heavy atom. The van der Waals surface area contributed by atoms with E-state index < -0.39 is 0 Å². The van der Waals surface area contributed by atoms with Gasteiger partial charge in [-0.15, -0.1) is 0 Å². The summed E-state index contributed by atoms with van der Waals surface area (Å²) in [5.41, 5.74) is 11.3. The van der Waals surface area contributed by atoms with E-state index in [1.165, 1.54) is 5.56 Å². The van der Waals surface area contributed by atoms with Crippen molar-refractivity contribution >= 4 is 11.4 Å². The average molecular weight is 241 g/mol. The number of aromatic nitrogens is 1. The van der Waals surface area contributed by atoms with Crippen LogP contribution in [0.25, 0.3) is 0 Å². The largest absolute Gasteiger partial charge is 0.398 e. The van der Waals surface area contributed by atoms with Gasteiger partial charge in [0.2, 0.25) is 0 Å².